The van der Waals surface area contributed by atoms with Crippen molar-refractivity contribution in [1.82, 2.24) is 0 Å². The third-order valence-electron chi connectivity index (χ3n) is 1.65. The van der Waals surface area contributed by atoms with E-state index in [0.717, 1.165) is 5.57 Å². The van der Waals surface area contributed by atoms with Gasteiger partial charge < -0.3 is 11.5 Å². The Bertz CT molecular complexity index is 188. The summed E-state index contributed by atoms with van der Waals surface area (Å²) in [7, 11) is 0. The van der Waals surface area contributed by atoms with Gasteiger partial charge in [0.25, 0.3) is 0 Å². The Labute approximate surface area is 81.7 Å². The van der Waals surface area contributed by atoms with Crippen molar-refractivity contribution in [3.05, 3.63) is 23.8 Å². The number of hydrogen-bond acceptors (Lipinski definition) is 2. The first kappa shape index (κ1) is 12.4. The van der Waals surface area contributed by atoms with Crippen LogP contribution in [0.2, 0.25) is 0 Å². The normalized spacial score (nSPS) is 18.2. The monoisotopic (exact) mass is 182 g/mol. The van der Waals surface area contributed by atoms with Gasteiger partial charge in [-0.25, -0.2) is 0 Å². The molecule has 0 aliphatic rings. The summed E-state index contributed by atoms with van der Waals surface area (Å²) < 4.78 is 0. The van der Waals surface area contributed by atoms with Crippen LogP contribution in [0.4, 0.5) is 0 Å². The van der Waals surface area contributed by atoms with Gasteiger partial charge in [0.2, 0.25) is 0 Å². The Morgan fingerprint density at radius 3 is 1.92 bits per heavy atom. The SMILES string of the molecule is CC(C)/C=C/C(=C\C(C)N)C(C)N. The zero-order valence-electron chi connectivity index (χ0n) is 9.12. The van der Waals surface area contributed by atoms with Crippen LogP contribution in [0.1, 0.15) is 27.7 Å². The zero-order chi connectivity index (χ0) is 10.4. The molecular formula is C11H22N2. The Kier molecular flexibility index (Phi) is 5.67. The lowest BCUT2D eigenvalue weighted by atomic mass is 10.0. The van der Waals surface area contributed by atoms with Crippen LogP contribution in [-0.2, 0) is 0 Å². The summed E-state index contributed by atoms with van der Waals surface area (Å²) in [6.07, 6.45) is 6.21. The highest BCUT2D eigenvalue weighted by Crippen LogP contribution is 2.05. The van der Waals surface area contributed by atoms with Crippen molar-refractivity contribution in [3.8, 4) is 0 Å². The second kappa shape index (κ2) is 5.95. The molecule has 0 radical (unpaired) electrons. The molecule has 0 rings (SSSR count). The van der Waals surface area contributed by atoms with Crippen molar-refractivity contribution < 1.29 is 0 Å². The fraction of sp³-hybridized carbons (Fsp3) is 0.636. The summed E-state index contributed by atoms with van der Waals surface area (Å²) >= 11 is 0. The molecule has 4 N–H and O–H groups in total. The first-order valence-electron chi connectivity index (χ1n) is 4.84. The molecule has 0 saturated heterocycles. The van der Waals surface area contributed by atoms with Crippen LogP contribution in [0, 0.1) is 5.92 Å². The number of rotatable bonds is 4. The van der Waals surface area contributed by atoms with Crippen LogP contribution < -0.4 is 11.5 Å². The van der Waals surface area contributed by atoms with Crippen molar-refractivity contribution >= 4 is 0 Å². The Morgan fingerprint density at radius 1 is 1.08 bits per heavy atom. The highest BCUT2D eigenvalue weighted by atomic mass is 14.6. The van der Waals surface area contributed by atoms with E-state index < -0.39 is 0 Å². The second-order valence-electron chi connectivity index (χ2n) is 3.92. The van der Waals surface area contributed by atoms with Crippen LogP contribution in [0.3, 0.4) is 0 Å². The fourth-order valence-corrected chi connectivity index (χ4v) is 0.966. The van der Waals surface area contributed by atoms with Crippen molar-refractivity contribution in [2.24, 2.45) is 17.4 Å². The summed E-state index contributed by atoms with van der Waals surface area (Å²) in [5.41, 5.74) is 12.6. The molecule has 0 aromatic carbocycles. The molecule has 0 aliphatic heterocycles. The van der Waals surface area contributed by atoms with Gasteiger partial charge in [-0.1, -0.05) is 32.1 Å². The highest BCUT2D eigenvalue weighted by molar-refractivity contribution is 5.25. The summed E-state index contributed by atoms with van der Waals surface area (Å²) in [5, 5.41) is 0. The van der Waals surface area contributed by atoms with Gasteiger partial charge in [-0.15, -0.1) is 0 Å². The van der Waals surface area contributed by atoms with E-state index in [9.17, 15) is 0 Å². The topological polar surface area (TPSA) is 52.0 Å². The summed E-state index contributed by atoms with van der Waals surface area (Å²) in [4.78, 5) is 0. The van der Waals surface area contributed by atoms with E-state index in [1.807, 2.05) is 19.9 Å². The van der Waals surface area contributed by atoms with Crippen LogP contribution in [0.5, 0.6) is 0 Å². The lowest BCUT2D eigenvalue weighted by Gasteiger charge is -2.09. The molecule has 0 heterocycles. The van der Waals surface area contributed by atoms with E-state index in [2.05, 4.69) is 26.0 Å². The first-order chi connectivity index (χ1) is 5.93. The second-order valence-corrected chi connectivity index (χ2v) is 3.92. The number of nitrogens with two attached hydrogens (primary N) is 2. The van der Waals surface area contributed by atoms with Crippen molar-refractivity contribution in [2.75, 3.05) is 0 Å². The van der Waals surface area contributed by atoms with E-state index in [4.69, 9.17) is 11.5 Å². The molecule has 13 heavy (non-hydrogen) atoms. The van der Waals surface area contributed by atoms with Gasteiger partial charge in [0, 0.05) is 12.1 Å². The number of allylic oxidation sites excluding steroid dienone is 1. The summed E-state index contributed by atoms with van der Waals surface area (Å²) in [5.74, 6) is 0.551. The molecule has 0 bridgehead atoms. The minimum absolute atomic E-state index is 0.0565. The molecule has 2 atom stereocenters. The standard InChI is InChI=1S/C11H22N2/c1-8(2)5-6-11(10(4)13)7-9(3)12/h5-10H,12-13H2,1-4H3/b6-5+,11-7+. The van der Waals surface area contributed by atoms with Crippen molar-refractivity contribution in [2.45, 2.75) is 39.8 Å². The molecular weight excluding hydrogens is 160 g/mol. The fourth-order valence-electron chi connectivity index (χ4n) is 0.966. The van der Waals surface area contributed by atoms with Gasteiger partial charge in [-0.2, -0.15) is 0 Å². The Hall–Kier alpha value is -0.600. The maximum Gasteiger partial charge on any atom is 0.0263 e. The molecule has 0 saturated carbocycles. The summed E-state index contributed by atoms with van der Waals surface area (Å²) in [6.45, 7) is 8.20. The molecule has 2 nitrogen and oxygen atoms in total. The maximum absolute atomic E-state index is 5.80. The van der Waals surface area contributed by atoms with E-state index in [1.165, 1.54) is 0 Å². The molecule has 0 aromatic heterocycles. The van der Waals surface area contributed by atoms with Gasteiger partial charge in [-0.3, -0.25) is 0 Å². The first-order valence-corrected chi connectivity index (χ1v) is 4.84. The van der Waals surface area contributed by atoms with Gasteiger partial charge in [0.15, 0.2) is 0 Å². The van der Waals surface area contributed by atoms with Crippen LogP contribution >= 0.6 is 0 Å². The lowest BCUT2D eigenvalue weighted by Crippen LogP contribution is -2.20. The maximum atomic E-state index is 5.80. The quantitative estimate of drug-likeness (QED) is 0.652. The minimum atomic E-state index is 0.0565. The van der Waals surface area contributed by atoms with Crippen LogP contribution in [-0.4, -0.2) is 12.1 Å². The molecule has 0 amide bonds. The Morgan fingerprint density at radius 2 is 1.62 bits per heavy atom. The van der Waals surface area contributed by atoms with E-state index in [-0.39, 0.29) is 12.1 Å². The smallest absolute Gasteiger partial charge is 0.0263 e. The highest BCUT2D eigenvalue weighted by Gasteiger charge is 2.00. The third kappa shape index (κ3) is 6.55. The summed E-state index contributed by atoms with van der Waals surface area (Å²) in [6, 6.07) is 0.124. The molecule has 76 valence electrons. The average Bonchev–Trinajstić information content (AvgIpc) is 1.96. The minimum Gasteiger partial charge on any atom is -0.325 e. The number of hydrogen-bond donors (Lipinski definition) is 2. The van der Waals surface area contributed by atoms with Crippen LogP contribution in [0.25, 0.3) is 0 Å². The van der Waals surface area contributed by atoms with E-state index in [1.54, 1.807) is 0 Å². The molecule has 0 spiro atoms. The van der Waals surface area contributed by atoms with Crippen molar-refractivity contribution in [3.63, 3.8) is 0 Å². The van der Waals surface area contributed by atoms with Gasteiger partial charge in [0.1, 0.15) is 0 Å². The van der Waals surface area contributed by atoms with Gasteiger partial charge in [-0.05, 0) is 25.3 Å². The molecule has 2 unspecified atom stereocenters. The molecule has 0 fully saturated rings. The molecule has 0 aliphatic carbocycles. The Balaban J connectivity index is 4.44. The van der Waals surface area contributed by atoms with Crippen LogP contribution in [0.15, 0.2) is 23.8 Å². The van der Waals surface area contributed by atoms with Crippen molar-refractivity contribution in [1.29, 1.82) is 0 Å². The lowest BCUT2D eigenvalue weighted by molar-refractivity contribution is 0.814. The zero-order valence-corrected chi connectivity index (χ0v) is 9.12. The predicted octanol–water partition coefficient (Wildman–Crippen LogP) is 1.82. The predicted molar refractivity (Wildman–Crippen MR) is 59.4 cm³/mol. The largest absolute Gasteiger partial charge is 0.325 e. The molecule has 2 heteroatoms. The van der Waals surface area contributed by atoms with E-state index in [0.29, 0.717) is 5.92 Å². The van der Waals surface area contributed by atoms with Gasteiger partial charge >= 0.3 is 0 Å². The average molecular weight is 182 g/mol. The third-order valence-corrected chi connectivity index (χ3v) is 1.65. The van der Waals surface area contributed by atoms with E-state index >= 15 is 0 Å². The molecule has 0 aromatic rings. The van der Waals surface area contributed by atoms with Gasteiger partial charge in [0.05, 0.1) is 0 Å².